The zero-order chi connectivity index (χ0) is 19.7. The van der Waals surface area contributed by atoms with Gasteiger partial charge in [-0.3, -0.25) is 4.79 Å². The van der Waals surface area contributed by atoms with Gasteiger partial charge >= 0.3 is 18.1 Å². The first-order valence-corrected chi connectivity index (χ1v) is 9.84. The third-order valence-electron chi connectivity index (χ3n) is 4.08. The molecule has 0 aromatic carbocycles. The number of esters is 2. The van der Waals surface area contributed by atoms with Crippen molar-refractivity contribution in [2.24, 2.45) is 0 Å². The van der Waals surface area contributed by atoms with Crippen LogP contribution in [0.4, 0.5) is 13.2 Å². The van der Waals surface area contributed by atoms with Crippen LogP contribution < -0.4 is 0 Å². The molecular formula is C20H33F3O3. The number of allylic oxidation sites excluding steroid dienone is 2. The van der Waals surface area contributed by atoms with Crippen LogP contribution >= 0.6 is 0 Å². The second kappa shape index (κ2) is 15.9. The highest BCUT2D eigenvalue weighted by Crippen LogP contribution is 2.17. The molecular weight excluding hydrogens is 345 g/mol. The van der Waals surface area contributed by atoms with Gasteiger partial charge in [-0.05, 0) is 32.1 Å². The van der Waals surface area contributed by atoms with Crippen LogP contribution in [0.15, 0.2) is 12.2 Å². The predicted molar refractivity (Wildman–Crippen MR) is 96.6 cm³/mol. The third-order valence-corrected chi connectivity index (χ3v) is 4.08. The summed E-state index contributed by atoms with van der Waals surface area (Å²) in [5, 5.41) is 0. The Hall–Kier alpha value is -1.33. The zero-order valence-corrected chi connectivity index (χ0v) is 15.9. The van der Waals surface area contributed by atoms with Crippen molar-refractivity contribution < 1.29 is 27.5 Å². The zero-order valence-electron chi connectivity index (χ0n) is 15.9. The van der Waals surface area contributed by atoms with E-state index >= 15 is 0 Å². The number of unbranched alkanes of at least 4 members (excludes halogenated alkanes) is 11. The smallest absolute Gasteiger partial charge is 0.386 e. The normalized spacial score (nSPS) is 11.8. The lowest BCUT2D eigenvalue weighted by atomic mass is 10.1. The third kappa shape index (κ3) is 16.2. The Morgan fingerprint density at radius 2 is 1.23 bits per heavy atom. The Labute approximate surface area is 155 Å². The fourth-order valence-corrected chi connectivity index (χ4v) is 2.55. The number of ether oxygens (including phenoxy) is 1. The van der Waals surface area contributed by atoms with Crippen molar-refractivity contribution >= 4 is 11.9 Å². The van der Waals surface area contributed by atoms with Gasteiger partial charge < -0.3 is 4.74 Å². The molecule has 0 rings (SSSR count). The van der Waals surface area contributed by atoms with Gasteiger partial charge in [0.2, 0.25) is 0 Å². The summed E-state index contributed by atoms with van der Waals surface area (Å²) < 4.78 is 39.4. The number of carbonyl (C=O) groups excluding carboxylic acids is 2. The van der Waals surface area contributed by atoms with E-state index in [-0.39, 0.29) is 6.42 Å². The average Bonchev–Trinajstić information content (AvgIpc) is 2.57. The Kier molecular flexibility index (Phi) is 15.1. The first-order valence-electron chi connectivity index (χ1n) is 9.84. The summed E-state index contributed by atoms with van der Waals surface area (Å²) in [5.41, 5.74) is 0. The quantitative estimate of drug-likeness (QED) is 0.139. The van der Waals surface area contributed by atoms with E-state index < -0.39 is 18.1 Å². The number of halogens is 3. The van der Waals surface area contributed by atoms with Gasteiger partial charge in [-0.2, -0.15) is 13.2 Å². The highest BCUT2D eigenvalue weighted by Gasteiger charge is 2.42. The number of carbonyl (C=O) groups is 2. The van der Waals surface area contributed by atoms with Crippen LogP contribution in [0.1, 0.15) is 96.8 Å². The van der Waals surface area contributed by atoms with E-state index in [1.54, 1.807) is 0 Å². The van der Waals surface area contributed by atoms with Crippen molar-refractivity contribution in [1.82, 2.24) is 0 Å². The maximum absolute atomic E-state index is 11.9. The van der Waals surface area contributed by atoms with Crippen molar-refractivity contribution in [2.45, 2.75) is 103 Å². The minimum Gasteiger partial charge on any atom is -0.386 e. The highest BCUT2D eigenvalue weighted by atomic mass is 19.4. The van der Waals surface area contributed by atoms with Gasteiger partial charge in [0, 0.05) is 6.42 Å². The maximum Gasteiger partial charge on any atom is 0.491 e. The summed E-state index contributed by atoms with van der Waals surface area (Å²) in [4.78, 5) is 21.5. The standard InChI is InChI=1S/C20H33F3O3/c1-2-3-4-5-6-7-8-9-10-11-12-13-14-15-16-17-18(24)26-19(25)20(21,22)23/h9-10H,2-8,11-17H2,1H3/b10-9-. The van der Waals surface area contributed by atoms with Crippen LogP contribution in [0.3, 0.4) is 0 Å². The van der Waals surface area contributed by atoms with Crippen LogP contribution in [0.2, 0.25) is 0 Å². The molecule has 0 N–H and O–H groups in total. The molecule has 0 aromatic heterocycles. The van der Waals surface area contributed by atoms with Gasteiger partial charge in [0.25, 0.3) is 0 Å². The first-order chi connectivity index (χ1) is 12.4. The fourth-order valence-electron chi connectivity index (χ4n) is 2.55. The Morgan fingerprint density at radius 3 is 1.73 bits per heavy atom. The molecule has 0 bridgehead atoms. The fraction of sp³-hybridized carbons (Fsp3) is 0.800. The summed E-state index contributed by atoms with van der Waals surface area (Å²) >= 11 is 0. The molecule has 26 heavy (non-hydrogen) atoms. The largest absolute Gasteiger partial charge is 0.491 e. The minimum atomic E-state index is -5.11. The molecule has 0 spiro atoms. The molecule has 0 heterocycles. The molecule has 152 valence electrons. The molecule has 6 heteroatoms. The van der Waals surface area contributed by atoms with Crippen LogP contribution in [0.5, 0.6) is 0 Å². The number of hydrogen-bond acceptors (Lipinski definition) is 3. The van der Waals surface area contributed by atoms with Crippen molar-refractivity contribution in [3.63, 3.8) is 0 Å². The van der Waals surface area contributed by atoms with Crippen LogP contribution in [0, 0.1) is 0 Å². The first kappa shape index (κ1) is 24.7. The topological polar surface area (TPSA) is 43.4 Å². The SMILES string of the molecule is CCCCCCCC/C=C\CCCCCCCC(=O)OC(=O)C(F)(F)F. The molecule has 0 saturated carbocycles. The predicted octanol–water partition coefficient (Wildman–Crippen LogP) is 6.66. The van der Waals surface area contributed by atoms with Gasteiger partial charge in [0.15, 0.2) is 0 Å². The molecule has 0 aliphatic rings. The minimum absolute atomic E-state index is 0.153. The highest BCUT2D eigenvalue weighted by molar-refractivity contribution is 5.88. The van der Waals surface area contributed by atoms with E-state index in [1.807, 2.05) is 0 Å². The van der Waals surface area contributed by atoms with Crippen LogP contribution in [-0.2, 0) is 14.3 Å². The van der Waals surface area contributed by atoms with Gasteiger partial charge in [-0.15, -0.1) is 0 Å². The van der Waals surface area contributed by atoms with Crippen molar-refractivity contribution in [1.29, 1.82) is 0 Å². The molecule has 0 radical (unpaired) electrons. The maximum atomic E-state index is 11.9. The van der Waals surface area contributed by atoms with Crippen LogP contribution in [0.25, 0.3) is 0 Å². The van der Waals surface area contributed by atoms with Gasteiger partial charge in [0.1, 0.15) is 0 Å². The average molecular weight is 378 g/mol. The molecule has 0 saturated heterocycles. The number of alkyl halides is 3. The number of hydrogen-bond donors (Lipinski definition) is 0. The molecule has 0 amide bonds. The summed E-state index contributed by atoms with van der Waals surface area (Å²) in [6.45, 7) is 2.22. The van der Waals surface area contributed by atoms with E-state index in [1.165, 1.54) is 38.5 Å². The molecule has 0 aromatic rings. The van der Waals surface area contributed by atoms with Gasteiger partial charge in [-0.1, -0.05) is 70.4 Å². The molecule has 0 unspecified atom stereocenters. The Morgan fingerprint density at radius 1 is 0.769 bits per heavy atom. The lowest BCUT2D eigenvalue weighted by Gasteiger charge is -2.05. The van der Waals surface area contributed by atoms with Crippen molar-refractivity contribution in [3.05, 3.63) is 12.2 Å². The Bertz CT molecular complexity index is 404. The molecule has 0 aliphatic heterocycles. The van der Waals surface area contributed by atoms with E-state index in [4.69, 9.17) is 0 Å². The molecule has 3 nitrogen and oxygen atoms in total. The second-order valence-corrected chi connectivity index (χ2v) is 6.59. The van der Waals surface area contributed by atoms with E-state index in [0.717, 1.165) is 38.5 Å². The van der Waals surface area contributed by atoms with Gasteiger partial charge in [-0.25, -0.2) is 4.79 Å². The molecule has 0 fully saturated rings. The van der Waals surface area contributed by atoms with Crippen molar-refractivity contribution in [2.75, 3.05) is 0 Å². The summed E-state index contributed by atoms with van der Waals surface area (Å²) in [5.74, 6) is -3.54. The number of rotatable bonds is 15. The van der Waals surface area contributed by atoms with E-state index in [2.05, 4.69) is 23.8 Å². The van der Waals surface area contributed by atoms with Crippen LogP contribution in [-0.4, -0.2) is 18.1 Å². The molecule has 0 aliphatic carbocycles. The molecule has 0 atom stereocenters. The monoisotopic (exact) mass is 378 g/mol. The summed E-state index contributed by atoms with van der Waals surface area (Å²) in [7, 11) is 0. The lowest BCUT2D eigenvalue weighted by molar-refractivity contribution is -0.201. The Balaban J connectivity index is 3.37. The second-order valence-electron chi connectivity index (χ2n) is 6.59. The van der Waals surface area contributed by atoms with E-state index in [9.17, 15) is 22.8 Å². The van der Waals surface area contributed by atoms with E-state index in [0.29, 0.717) is 6.42 Å². The van der Waals surface area contributed by atoms with Crippen molar-refractivity contribution in [3.8, 4) is 0 Å². The summed E-state index contributed by atoms with van der Waals surface area (Å²) in [6, 6.07) is 0. The van der Waals surface area contributed by atoms with Gasteiger partial charge in [0.05, 0.1) is 0 Å². The summed E-state index contributed by atoms with van der Waals surface area (Å²) in [6.07, 6.45) is 13.4. The lowest BCUT2D eigenvalue weighted by Crippen LogP contribution is -2.27.